The van der Waals surface area contributed by atoms with Crippen molar-refractivity contribution in [3.63, 3.8) is 0 Å². The zero-order chi connectivity index (χ0) is 18.1. The number of carbonyl (C=O) groups is 1. The van der Waals surface area contributed by atoms with Gasteiger partial charge in [-0.15, -0.1) is 0 Å². The van der Waals surface area contributed by atoms with Crippen LogP contribution in [-0.4, -0.2) is 44.1 Å². The molecule has 0 spiro atoms. The van der Waals surface area contributed by atoms with Crippen LogP contribution in [0.25, 0.3) is 0 Å². The molecule has 25 heavy (non-hydrogen) atoms. The minimum atomic E-state index is 0.0302. The molecule has 0 radical (unpaired) electrons. The number of likely N-dealkylation sites (N-methyl/N-ethyl adjacent to an activating group) is 1. The average molecular weight is 361 g/mol. The van der Waals surface area contributed by atoms with Gasteiger partial charge < -0.3 is 10.1 Å². The van der Waals surface area contributed by atoms with Crippen molar-refractivity contribution in [1.29, 1.82) is 0 Å². The number of rotatable bonds is 9. The molecule has 4 nitrogen and oxygen atoms in total. The summed E-state index contributed by atoms with van der Waals surface area (Å²) in [6.45, 7) is 4.30. The Hall–Kier alpha value is -2.04. The Balaban J connectivity index is 1.61. The van der Waals surface area contributed by atoms with Gasteiger partial charge in [0.15, 0.2) is 0 Å². The van der Waals surface area contributed by atoms with Crippen molar-refractivity contribution in [3.8, 4) is 5.75 Å². The molecule has 0 atom stereocenters. The minimum Gasteiger partial charge on any atom is -0.492 e. The van der Waals surface area contributed by atoms with E-state index in [0.29, 0.717) is 31.3 Å². The van der Waals surface area contributed by atoms with E-state index in [0.717, 1.165) is 12.2 Å². The number of hydrogen-bond acceptors (Lipinski definition) is 3. The second-order valence-electron chi connectivity index (χ2n) is 6.07. The van der Waals surface area contributed by atoms with Crippen LogP contribution in [0.5, 0.6) is 5.75 Å². The van der Waals surface area contributed by atoms with Crippen LogP contribution >= 0.6 is 11.6 Å². The van der Waals surface area contributed by atoms with Gasteiger partial charge in [-0.2, -0.15) is 0 Å². The topological polar surface area (TPSA) is 41.6 Å². The Kier molecular flexibility index (Phi) is 7.76. The molecule has 0 aliphatic rings. The molecule has 134 valence electrons. The highest BCUT2D eigenvalue weighted by Crippen LogP contribution is 2.15. The summed E-state index contributed by atoms with van der Waals surface area (Å²) in [6, 6.07) is 15.5. The number of benzene rings is 2. The van der Waals surface area contributed by atoms with E-state index in [9.17, 15) is 4.79 Å². The smallest absolute Gasteiger partial charge is 0.234 e. The summed E-state index contributed by atoms with van der Waals surface area (Å²) in [4.78, 5) is 13.9. The molecule has 0 saturated heterocycles. The van der Waals surface area contributed by atoms with Crippen LogP contribution < -0.4 is 10.1 Å². The van der Waals surface area contributed by atoms with Crippen LogP contribution in [0.2, 0.25) is 5.02 Å². The number of aryl methyl sites for hydroxylation is 1. The van der Waals surface area contributed by atoms with Crippen molar-refractivity contribution in [2.75, 3.05) is 33.3 Å². The molecule has 2 aromatic rings. The lowest BCUT2D eigenvalue weighted by atomic mass is 10.1. The number of halogens is 1. The molecular formula is C20H25ClN2O2. The first-order valence-corrected chi connectivity index (χ1v) is 8.80. The molecule has 5 heteroatoms. The number of ether oxygens (including phenoxy) is 1. The second kappa shape index (κ2) is 10.1. The second-order valence-corrected chi connectivity index (χ2v) is 6.50. The minimum absolute atomic E-state index is 0.0302. The van der Waals surface area contributed by atoms with Gasteiger partial charge in [0.25, 0.3) is 0 Å². The largest absolute Gasteiger partial charge is 0.492 e. The number of nitrogens with zero attached hydrogens (tertiary/aromatic N) is 1. The molecule has 0 bridgehead atoms. The molecule has 2 rings (SSSR count). The normalized spacial score (nSPS) is 10.7. The quantitative estimate of drug-likeness (QED) is 0.745. The number of carbonyl (C=O) groups excluding carboxylic acids is 1. The first kappa shape index (κ1) is 19.3. The molecule has 0 saturated carbocycles. The van der Waals surface area contributed by atoms with E-state index in [2.05, 4.69) is 24.4 Å². The van der Waals surface area contributed by atoms with E-state index in [4.69, 9.17) is 16.3 Å². The monoisotopic (exact) mass is 360 g/mol. The fourth-order valence-electron chi connectivity index (χ4n) is 2.46. The lowest BCUT2D eigenvalue weighted by Gasteiger charge is -2.17. The Morgan fingerprint density at radius 3 is 2.60 bits per heavy atom. The van der Waals surface area contributed by atoms with E-state index in [1.807, 2.05) is 36.2 Å². The van der Waals surface area contributed by atoms with Gasteiger partial charge in [-0.25, -0.2) is 0 Å². The lowest BCUT2D eigenvalue weighted by molar-refractivity contribution is -0.121. The van der Waals surface area contributed by atoms with Crippen LogP contribution in [0.3, 0.4) is 0 Å². The fraction of sp³-hybridized carbons (Fsp3) is 0.350. The maximum atomic E-state index is 12.0. The van der Waals surface area contributed by atoms with Gasteiger partial charge in [-0.3, -0.25) is 9.69 Å². The van der Waals surface area contributed by atoms with Crippen molar-refractivity contribution in [3.05, 3.63) is 64.7 Å². The standard InChI is InChI=1S/C20H25ClN2O2/c1-16-5-3-4-6-17(16)11-12-22-20(24)15-23(2)13-14-25-19-9-7-18(21)8-10-19/h3-10H,11-15H2,1-2H3,(H,22,24). The van der Waals surface area contributed by atoms with E-state index in [1.54, 1.807) is 12.1 Å². The van der Waals surface area contributed by atoms with E-state index in [1.165, 1.54) is 11.1 Å². The van der Waals surface area contributed by atoms with Crippen molar-refractivity contribution >= 4 is 17.5 Å². The molecule has 0 unspecified atom stereocenters. The fourth-order valence-corrected chi connectivity index (χ4v) is 2.58. The molecule has 0 aliphatic carbocycles. The maximum Gasteiger partial charge on any atom is 0.234 e. The van der Waals surface area contributed by atoms with Crippen molar-refractivity contribution in [2.24, 2.45) is 0 Å². The zero-order valence-corrected chi connectivity index (χ0v) is 15.6. The Labute approximate surface area is 154 Å². The SMILES string of the molecule is Cc1ccccc1CCNC(=O)CN(C)CCOc1ccc(Cl)cc1. The number of amides is 1. The highest BCUT2D eigenvalue weighted by molar-refractivity contribution is 6.30. The van der Waals surface area contributed by atoms with Gasteiger partial charge in [0.2, 0.25) is 5.91 Å². The third-order valence-electron chi connectivity index (χ3n) is 3.95. The van der Waals surface area contributed by atoms with Gasteiger partial charge in [0.1, 0.15) is 12.4 Å². The Morgan fingerprint density at radius 2 is 1.88 bits per heavy atom. The molecule has 2 aromatic carbocycles. The Morgan fingerprint density at radius 1 is 1.16 bits per heavy atom. The van der Waals surface area contributed by atoms with Crippen LogP contribution in [0.1, 0.15) is 11.1 Å². The summed E-state index contributed by atoms with van der Waals surface area (Å²) >= 11 is 5.83. The van der Waals surface area contributed by atoms with E-state index < -0.39 is 0 Å². The Bertz CT molecular complexity index is 674. The van der Waals surface area contributed by atoms with Crippen molar-refractivity contribution < 1.29 is 9.53 Å². The molecular weight excluding hydrogens is 336 g/mol. The van der Waals surface area contributed by atoms with Crippen LogP contribution in [0.15, 0.2) is 48.5 Å². The summed E-state index contributed by atoms with van der Waals surface area (Å²) < 4.78 is 5.63. The van der Waals surface area contributed by atoms with Crippen LogP contribution in [0.4, 0.5) is 0 Å². The van der Waals surface area contributed by atoms with Gasteiger partial charge in [-0.05, 0) is 55.8 Å². The summed E-state index contributed by atoms with van der Waals surface area (Å²) in [5.41, 5.74) is 2.53. The summed E-state index contributed by atoms with van der Waals surface area (Å²) in [5.74, 6) is 0.808. The van der Waals surface area contributed by atoms with E-state index in [-0.39, 0.29) is 5.91 Å². The summed E-state index contributed by atoms with van der Waals surface area (Å²) in [5, 5.41) is 3.65. The highest BCUT2D eigenvalue weighted by Gasteiger charge is 2.07. The molecule has 0 aromatic heterocycles. The first-order chi connectivity index (χ1) is 12.0. The molecule has 0 aliphatic heterocycles. The van der Waals surface area contributed by atoms with Gasteiger partial charge in [-0.1, -0.05) is 35.9 Å². The zero-order valence-electron chi connectivity index (χ0n) is 14.8. The lowest BCUT2D eigenvalue weighted by Crippen LogP contribution is -2.37. The molecule has 1 amide bonds. The molecule has 0 heterocycles. The predicted octanol–water partition coefficient (Wildman–Crippen LogP) is 3.32. The third kappa shape index (κ3) is 7.16. The number of nitrogens with one attached hydrogen (secondary N) is 1. The first-order valence-electron chi connectivity index (χ1n) is 8.42. The number of hydrogen-bond donors (Lipinski definition) is 1. The van der Waals surface area contributed by atoms with E-state index >= 15 is 0 Å². The van der Waals surface area contributed by atoms with Gasteiger partial charge in [0.05, 0.1) is 6.54 Å². The average Bonchev–Trinajstić information content (AvgIpc) is 2.58. The van der Waals surface area contributed by atoms with Crippen LogP contribution in [0, 0.1) is 6.92 Å². The summed E-state index contributed by atoms with van der Waals surface area (Å²) in [7, 11) is 1.91. The van der Waals surface area contributed by atoms with Gasteiger partial charge in [0, 0.05) is 18.1 Å². The maximum absolute atomic E-state index is 12.0. The van der Waals surface area contributed by atoms with Crippen LogP contribution in [-0.2, 0) is 11.2 Å². The van der Waals surface area contributed by atoms with Gasteiger partial charge >= 0.3 is 0 Å². The molecule has 1 N–H and O–H groups in total. The summed E-state index contributed by atoms with van der Waals surface area (Å²) in [6.07, 6.45) is 0.849. The van der Waals surface area contributed by atoms with Crippen molar-refractivity contribution in [1.82, 2.24) is 10.2 Å². The van der Waals surface area contributed by atoms with Crippen molar-refractivity contribution in [2.45, 2.75) is 13.3 Å². The predicted molar refractivity (Wildman–Crippen MR) is 102 cm³/mol. The molecule has 0 fully saturated rings. The highest BCUT2D eigenvalue weighted by atomic mass is 35.5. The third-order valence-corrected chi connectivity index (χ3v) is 4.20.